The van der Waals surface area contributed by atoms with Crippen molar-refractivity contribution in [2.45, 2.75) is 51.0 Å². The van der Waals surface area contributed by atoms with Gasteiger partial charge < -0.3 is 20.0 Å². The van der Waals surface area contributed by atoms with Crippen molar-refractivity contribution in [3.05, 3.63) is 24.2 Å². The number of nitrogens with zero attached hydrogens (tertiary/aromatic N) is 3. The summed E-state index contributed by atoms with van der Waals surface area (Å²) in [4.78, 5) is 9.52. The number of unbranched alkanes of at least 4 members (excludes halogenated alkanes) is 1. The van der Waals surface area contributed by atoms with Crippen LogP contribution in [0.25, 0.3) is 0 Å². The molecule has 2 N–H and O–H groups in total. The first-order chi connectivity index (χ1) is 13.4. The second kappa shape index (κ2) is 11.3. The molecule has 27 heavy (non-hydrogen) atoms. The molecular formula is C21H37N5O. The highest BCUT2D eigenvalue weighted by Crippen LogP contribution is 2.24. The van der Waals surface area contributed by atoms with Crippen LogP contribution in [0.15, 0.2) is 27.8 Å². The van der Waals surface area contributed by atoms with E-state index < -0.39 is 0 Å². The molecule has 0 aromatic carbocycles. The van der Waals surface area contributed by atoms with Crippen LogP contribution in [0.1, 0.15) is 56.7 Å². The lowest BCUT2D eigenvalue weighted by atomic mass is 10.1. The molecule has 0 bridgehead atoms. The highest BCUT2D eigenvalue weighted by molar-refractivity contribution is 5.79. The molecule has 1 atom stereocenters. The first-order valence-electron chi connectivity index (χ1n) is 10.8. The zero-order valence-corrected chi connectivity index (χ0v) is 17.0. The lowest BCUT2D eigenvalue weighted by molar-refractivity contribution is 0.146. The van der Waals surface area contributed by atoms with Crippen molar-refractivity contribution in [3.63, 3.8) is 0 Å². The third-order valence-corrected chi connectivity index (χ3v) is 5.78. The van der Waals surface area contributed by atoms with Gasteiger partial charge in [0.05, 0.1) is 12.3 Å². The van der Waals surface area contributed by atoms with Gasteiger partial charge in [-0.05, 0) is 83.4 Å². The fourth-order valence-corrected chi connectivity index (χ4v) is 4.21. The Morgan fingerprint density at radius 1 is 1.07 bits per heavy atom. The summed E-state index contributed by atoms with van der Waals surface area (Å²) >= 11 is 0. The molecule has 3 heterocycles. The Bertz CT molecular complexity index is 533. The van der Waals surface area contributed by atoms with Gasteiger partial charge in [0.15, 0.2) is 5.96 Å². The molecule has 2 aliphatic rings. The van der Waals surface area contributed by atoms with Crippen LogP contribution in [-0.2, 0) is 0 Å². The van der Waals surface area contributed by atoms with E-state index in [1.54, 1.807) is 6.26 Å². The number of furan rings is 1. The molecule has 6 heteroatoms. The average Bonchev–Trinajstić information content (AvgIpc) is 3.41. The van der Waals surface area contributed by atoms with Gasteiger partial charge in [0.25, 0.3) is 0 Å². The van der Waals surface area contributed by atoms with E-state index >= 15 is 0 Å². The molecule has 2 fully saturated rings. The standard InChI is InChI=1S/C21H37N5O/c1-22-21(23-11-3-6-12-25-13-7-8-14-25)24-18-19(20-10-9-17-27-20)26-15-4-2-5-16-26/h9-10,17,19H,2-8,11-16,18H2,1H3,(H2,22,23,24). The second-order valence-corrected chi connectivity index (χ2v) is 7.76. The Morgan fingerprint density at radius 2 is 1.85 bits per heavy atom. The van der Waals surface area contributed by atoms with Crippen molar-refractivity contribution in [2.75, 3.05) is 52.9 Å². The summed E-state index contributed by atoms with van der Waals surface area (Å²) in [5, 5.41) is 6.98. The van der Waals surface area contributed by atoms with Gasteiger partial charge in [-0.2, -0.15) is 0 Å². The Labute approximate surface area is 164 Å². The number of aliphatic imine (C=N–C) groups is 1. The van der Waals surface area contributed by atoms with E-state index in [0.717, 1.165) is 37.9 Å². The maximum Gasteiger partial charge on any atom is 0.191 e. The molecule has 1 aromatic heterocycles. The van der Waals surface area contributed by atoms with Crippen molar-refractivity contribution < 1.29 is 4.42 Å². The van der Waals surface area contributed by atoms with Crippen molar-refractivity contribution in [1.82, 2.24) is 20.4 Å². The van der Waals surface area contributed by atoms with Gasteiger partial charge in [-0.3, -0.25) is 9.89 Å². The Balaban J connectivity index is 1.39. The molecule has 3 rings (SSSR count). The Morgan fingerprint density at radius 3 is 2.56 bits per heavy atom. The summed E-state index contributed by atoms with van der Waals surface area (Å²) in [5.74, 6) is 1.94. The summed E-state index contributed by atoms with van der Waals surface area (Å²) in [5.41, 5.74) is 0. The quantitative estimate of drug-likeness (QED) is 0.395. The second-order valence-electron chi connectivity index (χ2n) is 7.76. The topological polar surface area (TPSA) is 56.0 Å². The third kappa shape index (κ3) is 6.54. The molecule has 2 saturated heterocycles. The van der Waals surface area contributed by atoms with E-state index in [1.165, 1.54) is 64.6 Å². The fraction of sp³-hybridized carbons (Fsp3) is 0.762. The van der Waals surface area contributed by atoms with Crippen LogP contribution in [0.4, 0.5) is 0 Å². The van der Waals surface area contributed by atoms with Crippen molar-refractivity contribution in [1.29, 1.82) is 0 Å². The largest absolute Gasteiger partial charge is 0.468 e. The average molecular weight is 376 g/mol. The molecule has 0 aliphatic carbocycles. The Hall–Kier alpha value is -1.53. The predicted octanol–water partition coefficient (Wildman–Crippen LogP) is 2.85. The van der Waals surface area contributed by atoms with Crippen molar-refractivity contribution in [2.24, 2.45) is 4.99 Å². The maximum absolute atomic E-state index is 5.73. The van der Waals surface area contributed by atoms with Crippen LogP contribution in [0.2, 0.25) is 0 Å². The zero-order valence-electron chi connectivity index (χ0n) is 17.0. The number of likely N-dealkylation sites (tertiary alicyclic amines) is 2. The van der Waals surface area contributed by atoms with Gasteiger partial charge in [-0.15, -0.1) is 0 Å². The van der Waals surface area contributed by atoms with Crippen molar-refractivity contribution >= 4 is 5.96 Å². The van der Waals surface area contributed by atoms with Crippen LogP contribution >= 0.6 is 0 Å². The first-order valence-corrected chi connectivity index (χ1v) is 10.8. The smallest absolute Gasteiger partial charge is 0.191 e. The van der Waals surface area contributed by atoms with Crippen molar-refractivity contribution in [3.8, 4) is 0 Å². The van der Waals surface area contributed by atoms with Gasteiger partial charge in [-0.1, -0.05) is 6.42 Å². The molecule has 0 spiro atoms. The van der Waals surface area contributed by atoms with Crippen LogP contribution < -0.4 is 10.6 Å². The number of hydrogen-bond acceptors (Lipinski definition) is 4. The monoisotopic (exact) mass is 375 g/mol. The highest BCUT2D eigenvalue weighted by atomic mass is 16.3. The van der Waals surface area contributed by atoms with Gasteiger partial charge >= 0.3 is 0 Å². The SMILES string of the molecule is CN=C(NCCCCN1CCCC1)NCC(c1ccco1)N1CCCCC1. The lowest BCUT2D eigenvalue weighted by Gasteiger charge is -2.33. The number of hydrogen-bond donors (Lipinski definition) is 2. The third-order valence-electron chi connectivity index (χ3n) is 5.78. The summed E-state index contributed by atoms with van der Waals surface area (Å²) in [7, 11) is 1.85. The molecule has 0 radical (unpaired) electrons. The van der Waals surface area contributed by atoms with E-state index in [9.17, 15) is 0 Å². The van der Waals surface area contributed by atoms with Crippen LogP contribution in [0.3, 0.4) is 0 Å². The molecule has 152 valence electrons. The van der Waals surface area contributed by atoms with Gasteiger partial charge in [-0.25, -0.2) is 0 Å². The van der Waals surface area contributed by atoms with E-state index in [1.807, 2.05) is 13.1 Å². The summed E-state index contributed by atoms with van der Waals surface area (Å²) in [6, 6.07) is 4.35. The Kier molecular flexibility index (Phi) is 8.49. The van der Waals surface area contributed by atoms with Gasteiger partial charge in [0.1, 0.15) is 5.76 Å². The van der Waals surface area contributed by atoms with Crippen LogP contribution in [0, 0.1) is 0 Å². The van der Waals surface area contributed by atoms with E-state index in [0.29, 0.717) is 0 Å². The molecule has 0 saturated carbocycles. The predicted molar refractivity (Wildman–Crippen MR) is 111 cm³/mol. The van der Waals surface area contributed by atoms with Crippen LogP contribution in [0.5, 0.6) is 0 Å². The van der Waals surface area contributed by atoms with Gasteiger partial charge in [0, 0.05) is 20.1 Å². The minimum absolute atomic E-state index is 0.272. The molecule has 6 nitrogen and oxygen atoms in total. The summed E-state index contributed by atoms with van der Waals surface area (Å²) < 4.78 is 5.73. The minimum atomic E-state index is 0.272. The maximum atomic E-state index is 5.73. The van der Waals surface area contributed by atoms with E-state index in [4.69, 9.17) is 4.42 Å². The molecule has 2 aliphatic heterocycles. The molecule has 1 aromatic rings. The molecule has 0 amide bonds. The highest BCUT2D eigenvalue weighted by Gasteiger charge is 2.24. The zero-order chi connectivity index (χ0) is 18.7. The number of rotatable bonds is 9. The minimum Gasteiger partial charge on any atom is -0.468 e. The summed E-state index contributed by atoms with van der Waals surface area (Å²) in [6.45, 7) is 7.92. The van der Waals surface area contributed by atoms with E-state index in [2.05, 4.69) is 31.5 Å². The normalized spacial score (nSPS) is 20.7. The van der Waals surface area contributed by atoms with E-state index in [-0.39, 0.29) is 6.04 Å². The lowest BCUT2D eigenvalue weighted by Crippen LogP contribution is -2.44. The number of piperidine rings is 1. The molecule has 1 unspecified atom stereocenters. The number of nitrogens with one attached hydrogen (secondary N) is 2. The van der Waals surface area contributed by atoms with Crippen LogP contribution in [-0.4, -0.2) is 68.6 Å². The summed E-state index contributed by atoms with van der Waals surface area (Å²) in [6.07, 6.45) is 10.9. The first kappa shape index (κ1) is 20.2. The fourth-order valence-electron chi connectivity index (χ4n) is 4.21. The molecular weight excluding hydrogens is 338 g/mol. The van der Waals surface area contributed by atoms with Gasteiger partial charge in [0.2, 0.25) is 0 Å². The number of guanidine groups is 1.